The number of hydrogen-bond donors (Lipinski definition) is 2. The fourth-order valence-corrected chi connectivity index (χ4v) is 2.36. The van der Waals surface area contributed by atoms with E-state index in [0.29, 0.717) is 0 Å². The molecule has 18 heavy (non-hydrogen) atoms. The molecule has 1 amide bonds. The van der Waals surface area contributed by atoms with Gasteiger partial charge in [-0.3, -0.25) is 9.69 Å². The zero-order chi connectivity index (χ0) is 12.7. The third-order valence-corrected chi connectivity index (χ3v) is 3.78. The Morgan fingerprint density at radius 1 is 1.56 bits per heavy atom. The van der Waals surface area contributed by atoms with Crippen molar-refractivity contribution < 1.29 is 4.79 Å². The van der Waals surface area contributed by atoms with E-state index in [1.807, 2.05) is 6.26 Å². The second kappa shape index (κ2) is 9.89. The number of nitrogens with two attached hydrogens (primary N) is 1. The predicted octanol–water partition coefficient (Wildman–Crippen LogP) is 1.09. The van der Waals surface area contributed by atoms with Crippen LogP contribution < -0.4 is 11.1 Å². The van der Waals surface area contributed by atoms with E-state index in [1.54, 1.807) is 11.8 Å². The maximum absolute atomic E-state index is 11.6. The van der Waals surface area contributed by atoms with Gasteiger partial charge in [-0.2, -0.15) is 11.8 Å². The summed E-state index contributed by atoms with van der Waals surface area (Å²) in [4.78, 5) is 14.1. The Hall–Kier alpha value is 0.0300. The number of halogens is 1. The predicted molar refractivity (Wildman–Crippen MR) is 81.5 cm³/mol. The lowest BCUT2D eigenvalue weighted by atomic mass is 10.2. The molecule has 3 N–H and O–H groups in total. The van der Waals surface area contributed by atoms with Crippen molar-refractivity contribution in [2.75, 3.05) is 31.6 Å². The van der Waals surface area contributed by atoms with Crippen LogP contribution in [0.3, 0.4) is 0 Å². The highest BCUT2D eigenvalue weighted by atomic mass is 35.5. The molecule has 0 bridgehead atoms. The lowest BCUT2D eigenvalue weighted by Gasteiger charge is -2.20. The monoisotopic (exact) mass is 295 g/mol. The van der Waals surface area contributed by atoms with Crippen LogP contribution in [0.5, 0.6) is 0 Å². The zero-order valence-electron chi connectivity index (χ0n) is 11.4. The van der Waals surface area contributed by atoms with Crippen molar-refractivity contribution >= 4 is 30.1 Å². The third kappa shape index (κ3) is 6.83. The van der Waals surface area contributed by atoms with Crippen LogP contribution in [0.1, 0.15) is 26.2 Å². The summed E-state index contributed by atoms with van der Waals surface area (Å²) in [6.45, 7) is 4.90. The van der Waals surface area contributed by atoms with E-state index < -0.39 is 0 Å². The molecule has 0 aliphatic heterocycles. The first-order chi connectivity index (χ1) is 8.19. The van der Waals surface area contributed by atoms with Crippen molar-refractivity contribution in [3.8, 4) is 0 Å². The topological polar surface area (TPSA) is 58.4 Å². The molecule has 0 radical (unpaired) electrons. The highest BCUT2D eigenvalue weighted by Gasteiger charge is 2.27. The molecule has 1 rings (SSSR count). The van der Waals surface area contributed by atoms with Crippen molar-refractivity contribution in [1.82, 2.24) is 10.2 Å². The van der Waals surface area contributed by atoms with E-state index in [0.717, 1.165) is 37.8 Å². The number of nitrogens with zero attached hydrogens (tertiary/aromatic N) is 1. The minimum absolute atomic E-state index is 0. The van der Waals surface area contributed by atoms with E-state index in [2.05, 4.69) is 17.1 Å². The van der Waals surface area contributed by atoms with Gasteiger partial charge in [-0.1, -0.05) is 6.92 Å². The Balaban J connectivity index is 0.00000289. The van der Waals surface area contributed by atoms with E-state index in [1.165, 1.54) is 12.8 Å². The van der Waals surface area contributed by atoms with Crippen molar-refractivity contribution in [1.29, 1.82) is 0 Å². The largest absolute Gasteiger partial charge is 0.353 e. The lowest BCUT2D eigenvalue weighted by molar-refractivity contribution is -0.122. The van der Waals surface area contributed by atoms with Gasteiger partial charge < -0.3 is 11.1 Å². The molecule has 0 spiro atoms. The second-order valence-electron chi connectivity index (χ2n) is 4.54. The molecule has 1 aliphatic carbocycles. The Kier molecular flexibility index (Phi) is 9.91. The van der Waals surface area contributed by atoms with Gasteiger partial charge in [0.15, 0.2) is 0 Å². The van der Waals surface area contributed by atoms with Gasteiger partial charge >= 0.3 is 0 Å². The minimum Gasteiger partial charge on any atom is -0.353 e. The molecule has 108 valence electrons. The van der Waals surface area contributed by atoms with E-state index in [9.17, 15) is 4.79 Å². The number of carbonyl (C=O) groups excluding carboxylic acids is 1. The smallest absolute Gasteiger partial charge is 0.236 e. The zero-order valence-corrected chi connectivity index (χ0v) is 13.0. The summed E-state index contributed by atoms with van der Waals surface area (Å²) in [6.07, 6.45) is 5.41. The first kappa shape index (κ1) is 18.0. The van der Waals surface area contributed by atoms with Gasteiger partial charge in [0.05, 0.1) is 6.04 Å². The summed E-state index contributed by atoms with van der Waals surface area (Å²) in [5, 5.41) is 2.92. The van der Waals surface area contributed by atoms with Crippen LogP contribution in [0, 0.1) is 0 Å². The molecule has 1 atom stereocenters. The normalized spacial score (nSPS) is 16.2. The van der Waals surface area contributed by atoms with Gasteiger partial charge in [0, 0.05) is 19.1 Å². The molecule has 0 saturated heterocycles. The number of likely N-dealkylation sites (N-methyl/N-ethyl adjacent to an activating group) is 1. The van der Waals surface area contributed by atoms with Gasteiger partial charge in [-0.25, -0.2) is 0 Å². The third-order valence-electron chi connectivity index (χ3n) is 3.14. The summed E-state index contributed by atoms with van der Waals surface area (Å²) in [6, 6.07) is 0.417. The SMILES string of the molecule is CCN(CCNC(=O)[C@@H](N)CCSC)C1CC1.Cl. The molecule has 1 saturated carbocycles. The van der Waals surface area contributed by atoms with Gasteiger partial charge in [0.1, 0.15) is 0 Å². The highest BCUT2D eigenvalue weighted by Crippen LogP contribution is 2.25. The van der Waals surface area contributed by atoms with Crippen LogP contribution in [0.2, 0.25) is 0 Å². The number of thioether (sulfide) groups is 1. The number of rotatable bonds is 9. The number of carbonyl (C=O) groups is 1. The van der Waals surface area contributed by atoms with Crippen LogP contribution in [0.25, 0.3) is 0 Å². The van der Waals surface area contributed by atoms with Crippen molar-refractivity contribution in [3.63, 3.8) is 0 Å². The Labute approximate surface area is 121 Å². The summed E-state index contributed by atoms with van der Waals surface area (Å²) in [7, 11) is 0. The molecule has 0 unspecified atom stereocenters. The number of amides is 1. The molecule has 1 fully saturated rings. The van der Waals surface area contributed by atoms with E-state index in [4.69, 9.17) is 5.73 Å². The average Bonchev–Trinajstić information content (AvgIpc) is 3.15. The molecule has 0 heterocycles. The van der Waals surface area contributed by atoms with Crippen molar-refractivity contribution in [2.24, 2.45) is 5.73 Å². The van der Waals surface area contributed by atoms with Crippen LogP contribution in [0.15, 0.2) is 0 Å². The first-order valence-electron chi connectivity index (χ1n) is 6.45. The standard InChI is InChI=1S/C12H25N3OS.ClH/c1-3-15(10-4-5-10)8-7-14-12(16)11(13)6-9-17-2;/h10-11H,3-9,13H2,1-2H3,(H,14,16);1H/t11-;/m0./s1. The lowest BCUT2D eigenvalue weighted by Crippen LogP contribution is -2.44. The van der Waals surface area contributed by atoms with Crippen LogP contribution >= 0.6 is 24.2 Å². The van der Waals surface area contributed by atoms with Crippen LogP contribution in [-0.4, -0.2) is 54.5 Å². The molecule has 1 aliphatic rings. The van der Waals surface area contributed by atoms with Gasteiger partial charge in [0.2, 0.25) is 5.91 Å². The van der Waals surface area contributed by atoms with Crippen molar-refractivity contribution in [3.05, 3.63) is 0 Å². The van der Waals surface area contributed by atoms with Gasteiger partial charge in [-0.15, -0.1) is 12.4 Å². The molecule has 0 aromatic rings. The van der Waals surface area contributed by atoms with Crippen LogP contribution in [0.4, 0.5) is 0 Å². The van der Waals surface area contributed by atoms with Crippen LogP contribution in [-0.2, 0) is 4.79 Å². The Morgan fingerprint density at radius 3 is 2.72 bits per heavy atom. The molecule has 4 nitrogen and oxygen atoms in total. The molecular formula is C12H26ClN3OS. The second-order valence-corrected chi connectivity index (χ2v) is 5.52. The quantitative estimate of drug-likeness (QED) is 0.668. The molecule has 0 aromatic heterocycles. The molecule has 0 aromatic carbocycles. The van der Waals surface area contributed by atoms with E-state index >= 15 is 0 Å². The van der Waals surface area contributed by atoms with Gasteiger partial charge in [-0.05, 0) is 37.8 Å². The van der Waals surface area contributed by atoms with Crippen molar-refractivity contribution in [2.45, 2.75) is 38.3 Å². The maximum atomic E-state index is 11.6. The maximum Gasteiger partial charge on any atom is 0.236 e. The summed E-state index contributed by atoms with van der Waals surface area (Å²) >= 11 is 1.72. The average molecular weight is 296 g/mol. The first-order valence-corrected chi connectivity index (χ1v) is 7.84. The number of nitrogens with one attached hydrogen (secondary N) is 1. The highest BCUT2D eigenvalue weighted by molar-refractivity contribution is 7.98. The fourth-order valence-electron chi connectivity index (χ4n) is 1.87. The summed E-state index contributed by atoms with van der Waals surface area (Å²) < 4.78 is 0. The minimum atomic E-state index is -0.349. The summed E-state index contributed by atoms with van der Waals surface area (Å²) in [5.41, 5.74) is 5.79. The molecule has 6 heteroatoms. The number of hydrogen-bond acceptors (Lipinski definition) is 4. The van der Waals surface area contributed by atoms with Gasteiger partial charge in [0.25, 0.3) is 0 Å². The summed E-state index contributed by atoms with van der Waals surface area (Å²) in [5.74, 6) is 0.934. The fraction of sp³-hybridized carbons (Fsp3) is 0.917. The Morgan fingerprint density at radius 2 is 2.22 bits per heavy atom. The molecular weight excluding hydrogens is 270 g/mol. The van der Waals surface area contributed by atoms with E-state index in [-0.39, 0.29) is 24.4 Å². The Bertz CT molecular complexity index is 239.